The van der Waals surface area contributed by atoms with Crippen molar-refractivity contribution in [1.82, 2.24) is 20.6 Å². The zero-order chi connectivity index (χ0) is 15.8. The number of rotatable bonds is 5. The highest BCUT2D eigenvalue weighted by Gasteiger charge is 2.28. The molecule has 3 heterocycles. The van der Waals surface area contributed by atoms with Crippen LogP contribution in [0.4, 0.5) is 0 Å². The van der Waals surface area contributed by atoms with Gasteiger partial charge in [0, 0.05) is 12.0 Å². The molecule has 4 rings (SSSR count). The largest absolute Gasteiger partial charge is 0.360 e. The monoisotopic (exact) mass is 330 g/mol. The number of amides is 1. The van der Waals surface area contributed by atoms with Gasteiger partial charge < -0.3 is 14.4 Å². The molecular formula is C15H14N4O3S. The number of hydrogen-bond donors (Lipinski definition) is 1. The summed E-state index contributed by atoms with van der Waals surface area (Å²) < 4.78 is 10.4. The molecule has 23 heavy (non-hydrogen) atoms. The van der Waals surface area contributed by atoms with Crippen molar-refractivity contribution in [3.63, 3.8) is 0 Å². The van der Waals surface area contributed by atoms with Crippen LogP contribution < -0.4 is 5.32 Å². The molecule has 118 valence electrons. The van der Waals surface area contributed by atoms with Gasteiger partial charge in [0.05, 0.1) is 11.4 Å². The van der Waals surface area contributed by atoms with E-state index in [2.05, 4.69) is 20.6 Å². The van der Waals surface area contributed by atoms with Gasteiger partial charge in [-0.05, 0) is 36.8 Å². The molecule has 8 heteroatoms. The highest BCUT2D eigenvalue weighted by Crippen LogP contribution is 2.40. The third-order valence-corrected chi connectivity index (χ3v) is 4.69. The Hall–Kier alpha value is -2.48. The van der Waals surface area contributed by atoms with E-state index in [9.17, 15) is 4.79 Å². The van der Waals surface area contributed by atoms with Crippen LogP contribution in [0.1, 0.15) is 45.6 Å². The second-order valence-electron chi connectivity index (χ2n) is 5.52. The van der Waals surface area contributed by atoms with Crippen molar-refractivity contribution in [3.8, 4) is 11.5 Å². The van der Waals surface area contributed by atoms with Crippen molar-refractivity contribution in [3.05, 3.63) is 39.6 Å². The van der Waals surface area contributed by atoms with E-state index in [0.717, 1.165) is 24.2 Å². The maximum Gasteiger partial charge on any atom is 0.262 e. The molecule has 0 bridgehead atoms. The van der Waals surface area contributed by atoms with Crippen LogP contribution in [0.25, 0.3) is 11.5 Å². The minimum Gasteiger partial charge on any atom is -0.360 e. The SMILES string of the molecule is Cc1ccsc1C(=O)NCc1nc(-c2cc(C3CC3)on2)no1. The fourth-order valence-corrected chi connectivity index (χ4v) is 3.07. The molecule has 1 aliphatic rings. The lowest BCUT2D eigenvalue weighted by molar-refractivity contribution is 0.0950. The number of hydrogen-bond acceptors (Lipinski definition) is 7. The molecule has 0 aliphatic heterocycles. The van der Waals surface area contributed by atoms with E-state index in [4.69, 9.17) is 9.05 Å². The minimum atomic E-state index is -0.144. The summed E-state index contributed by atoms with van der Waals surface area (Å²) in [5.41, 5.74) is 1.51. The van der Waals surface area contributed by atoms with Gasteiger partial charge in [-0.2, -0.15) is 4.98 Å². The summed E-state index contributed by atoms with van der Waals surface area (Å²) in [5.74, 6) is 1.91. The average Bonchev–Trinajstić information content (AvgIpc) is 2.96. The molecule has 0 spiro atoms. The Balaban J connectivity index is 1.41. The first-order chi connectivity index (χ1) is 11.2. The molecule has 1 saturated carbocycles. The first kappa shape index (κ1) is 14.1. The van der Waals surface area contributed by atoms with Crippen LogP contribution in [-0.4, -0.2) is 21.2 Å². The highest BCUT2D eigenvalue weighted by atomic mass is 32.1. The first-order valence-electron chi connectivity index (χ1n) is 7.32. The van der Waals surface area contributed by atoms with Crippen LogP contribution in [0.3, 0.4) is 0 Å². The van der Waals surface area contributed by atoms with Gasteiger partial charge in [-0.3, -0.25) is 4.79 Å². The van der Waals surface area contributed by atoms with E-state index in [0.29, 0.717) is 28.2 Å². The van der Waals surface area contributed by atoms with Gasteiger partial charge in [0.25, 0.3) is 5.91 Å². The zero-order valence-corrected chi connectivity index (χ0v) is 13.2. The molecule has 0 saturated heterocycles. The van der Waals surface area contributed by atoms with Gasteiger partial charge in [0.1, 0.15) is 5.76 Å². The molecule has 3 aromatic rings. The predicted octanol–water partition coefficient (Wildman–Crippen LogP) is 2.90. The number of nitrogens with one attached hydrogen (secondary N) is 1. The van der Waals surface area contributed by atoms with E-state index in [1.165, 1.54) is 11.3 Å². The Morgan fingerprint density at radius 1 is 1.39 bits per heavy atom. The summed E-state index contributed by atoms with van der Waals surface area (Å²) >= 11 is 1.41. The van der Waals surface area contributed by atoms with Crippen molar-refractivity contribution >= 4 is 17.2 Å². The molecular weight excluding hydrogens is 316 g/mol. The highest BCUT2D eigenvalue weighted by molar-refractivity contribution is 7.12. The fourth-order valence-electron chi connectivity index (χ4n) is 2.23. The molecule has 0 aromatic carbocycles. The van der Waals surface area contributed by atoms with Crippen molar-refractivity contribution < 1.29 is 13.8 Å². The van der Waals surface area contributed by atoms with E-state index in [-0.39, 0.29) is 12.5 Å². The van der Waals surface area contributed by atoms with Crippen LogP contribution in [0.15, 0.2) is 26.6 Å². The van der Waals surface area contributed by atoms with Crippen molar-refractivity contribution in [1.29, 1.82) is 0 Å². The second-order valence-corrected chi connectivity index (χ2v) is 6.43. The summed E-state index contributed by atoms with van der Waals surface area (Å²) in [7, 11) is 0. The number of carbonyl (C=O) groups is 1. The minimum absolute atomic E-state index is 0.144. The maximum absolute atomic E-state index is 12.0. The lowest BCUT2D eigenvalue weighted by Gasteiger charge is -2.00. The lowest BCUT2D eigenvalue weighted by Crippen LogP contribution is -2.22. The quantitative estimate of drug-likeness (QED) is 0.773. The molecule has 0 radical (unpaired) electrons. The summed E-state index contributed by atoms with van der Waals surface area (Å²) in [4.78, 5) is 17.0. The van der Waals surface area contributed by atoms with Crippen molar-refractivity contribution in [2.45, 2.75) is 32.2 Å². The molecule has 1 N–H and O–H groups in total. The fraction of sp³-hybridized carbons (Fsp3) is 0.333. The van der Waals surface area contributed by atoms with E-state index in [1.807, 2.05) is 24.4 Å². The predicted molar refractivity (Wildman–Crippen MR) is 82.0 cm³/mol. The standard InChI is InChI=1S/C15H14N4O3S/c1-8-4-5-23-13(8)15(20)16-7-12-17-14(19-22-12)10-6-11(21-18-10)9-2-3-9/h4-6,9H,2-3,7H2,1H3,(H,16,20). The number of thiophene rings is 1. The molecule has 1 amide bonds. The molecule has 7 nitrogen and oxygen atoms in total. The molecule has 0 atom stereocenters. The third-order valence-electron chi connectivity index (χ3n) is 3.67. The van der Waals surface area contributed by atoms with Gasteiger partial charge in [-0.1, -0.05) is 10.3 Å². The molecule has 0 unspecified atom stereocenters. The average molecular weight is 330 g/mol. The second kappa shape index (κ2) is 5.62. The van der Waals surface area contributed by atoms with Crippen molar-refractivity contribution in [2.24, 2.45) is 0 Å². The summed E-state index contributed by atoms with van der Waals surface area (Å²) in [6.45, 7) is 2.08. The van der Waals surface area contributed by atoms with Crippen molar-refractivity contribution in [2.75, 3.05) is 0 Å². The Morgan fingerprint density at radius 2 is 2.26 bits per heavy atom. The van der Waals surface area contributed by atoms with Crippen LogP contribution in [0.5, 0.6) is 0 Å². The summed E-state index contributed by atoms with van der Waals surface area (Å²) in [6, 6.07) is 3.76. The number of aromatic nitrogens is 3. The maximum atomic E-state index is 12.0. The summed E-state index contributed by atoms with van der Waals surface area (Å²) in [6.07, 6.45) is 2.28. The van der Waals surface area contributed by atoms with Crippen LogP contribution in [-0.2, 0) is 6.54 Å². The zero-order valence-electron chi connectivity index (χ0n) is 12.4. The normalized spacial score (nSPS) is 14.1. The van der Waals surface area contributed by atoms with E-state index < -0.39 is 0 Å². The van der Waals surface area contributed by atoms with Gasteiger partial charge in [-0.25, -0.2) is 0 Å². The van der Waals surface area contributed by atoms with Gasteiger partial charge in [0.15, 0.2) is 5.69 Å². The van der Waals surface area contributed by atoms with Gasteiger partial charge in [-0.15, -0.1) is 11.3 Å². The van der Waals surface area contributed by atoms with Crippen LogP contribution in [0, 0.1) is 6.92 Å². The Kier molecular flexibility index (Phi) is 3.45. The Bertz CT molecular complexity index is 846. The van der Waals surface area contributed by atoms with Crippen LogP contribution >= 0.6 is 11.3 Å². The van der Waals surface area contributed by atoms with E-state index in [1.54, 1.807) is 0 Å². The third kappa shape index (κ3) is 2.89. The smallest absolute Gasteiger partial charge is 0.262 e. The number of aryl methyl sites for hydroxylation is 1. The topological polar surface area (TPSA) is 94.1 Å². The van der Waals surface area contributed by atoms with E-state index >= 15 is 0 Å². The molecule has 3 aromatic heterocycles. The number of nitrogens with zero attached hydrogens (tertiary/aromatic N) is 3. The first-order valence-corrected chi connectivity index (χ1v) is 8.20. The van der Waals surface area contributed by atoms with Gasteiger partial charge in [0.2, 0.25) is 11.7 Å². The van der Waals surface area contributed by atoms with Crippen LogP contribution in [0.2, 0.25) is 0 Å². The summed E-state index contributed by atoms with van der Waals surface area (Å²) in [5, 5.41) is 12.5. The lowest BCUT2D eigenvalue weighted by atomic mass is 10.3. The molecule has 1 aliphatic carbocycles. The number of carbonyl (C=O) groups excluding carboxylic acids is 1. The Labute approximate surface area is 135 Å². The Morgan fingerprint density at radius 3 is 3.00 bits per heavy atom. The van der Waals surface area contributed by atoms with Gasteiger partial charge >= 0.3 is 0 Å². The molecule has 1 fully saturated rings.